The van der Waals surface area contributed by atoms with Crippen molar-refractivity contribution < 1.29 is 19.7 Å². The van der Waals surface area contributed by atoms with Crippen LogP contribution in [-0.4, -0.2) is 53.9 Å². The van der Waals surface area contributed by atoms with Crippen LogP contribution in [0.3, 0.4) is 0 Å². The van der Waals surface area contributed by atoms with E-state index in [1.54, 1.807) is 6.07 Å². The molecule has 1 saturated heterocycles. The molecule has 2 aromatic rings. The highest BCUT2D eigenvalue weighted by Crippen LogP contribution is 2.26. The van der Waals surface area contributed by atoms with E-state index in [1.165, 1.54) is 18.4 Å². The van der Waals surface area contributed by atoms with Crippen molar-refractivity contribution in [3.63, 3.8) is 0 Å². The van der Waals surface area contributed by atoms with Crippen molar-refractivity contribution in [3.8, 4) is 5.75 Å². The van der Waals surface area contributed by atoms with Crippen molar-refractivity contribution >= 4 is 11.6 Å². The number of hydrogen-bond donors (Lipinski definition) is 2. The molecule has 1 fully saturated rings. The van der Waals surface area contributed by atoms with Gasteiger partial charge in [0.25, 0.3) is 0 Å². The Bertz CT molecular complexity index is 901. The third-order valence-electron chi connectivity index (χ3n) is 6.89. The maximum absolute atomic E-state index is 12.4. The minimum Gasteiger partial charge on any atom is -0.494 e. The number of aliphatic hydroxyl groups excluding tert-OH is 2. The van der Waals surface area contributed by atoms with Gasteiger partial charge in [-0.3, -0.25) is 4.79 Å². The van der Waals surface area contributed by atoms with E-state index < -0.39 is 5.92 Å². The number of hydrogen-bond acceptors (Lipinski definition) is 6. The van der Waals surface area contributed by atoms with Gasteiger partial charge in [0.15, 0.2) is 5.78 Å². The lowest BCUT2D eigenvalue weighted by molar-refractivity contribution is 0.0878. The number of ether oxygens (including phenoxy) is 1. The van der Waals surface area contributed by atoms with Crippen molar-refractivity contribution in [2.75, 3.05) is 37.8 Å². The molecule has 1 aliphatic heterocycles. The summed E-state index contributed by atoms with van der Waals surface area (Å²) >= 11 is 0. The first kappa shape index (κ1) is 26.2. The Morgan fingerprint density at radius 2 is 1.88 bits per heavy atom. The maximum atomic E-state index is 12.4. The van der Waals surface area contributed by atoms with Crippen LogP contribution in [0.5, 0.6) is 5.75 Å². The van der Waals surface area contributed by atoms with Gasteiger partial charge in [0.1, 0.15) is 11.6 Å². The number of aryl methyl sites for hydroxylation is 1. The highest BCUT2D eigenvalue weighted by molar-refractivity contribution is 5.97. The van der Waals surface area contributed by atoms with Crippen molar-refractivity contribution in [1.82, 2.24) is 4.98 Å². The molecule has 2 heterocycles. The number of pyridine rings is 1. The standard InChI is InChI=1S/C28H40N2O4/c1-20(2)24-6-9-28(29-17-24)30-12-10-22(11-13-30)5-4-14-34-25-7-8-26(21(3)15-25)27(33)16-23(18-31)19-32/h6-9,15,17,20,22-23,31-32H,4-5,10-14,16,18-19H2,1-3H3. The average Bonchev–Trinajstić information content (AvgIpc) is 2.85. The fraction of sp³-hybridized carbons (Fsp3) is 0.571. The van der Waals surface area contributed by atoms with E-state index in [0.29, 0.717) is 18.1 Å². The molecule has 186 valence electrons. The van der Waals surface area contributed by atoms with Crippen LogP contribution in [-0.2, 0) is 0 Å². The monoisotopic (exact) mass is 468 g/mol. The molecule has 0 bridgehead atoms. The second kappa shape index (κ2) is 12.9. The fourth-order valence-electron chi connectivity index (χ4n) is 4.54. The maximum Gasteiger partial charge on any atom is 0.163 e. The number of anilines is 1. The number of nitrogens with zero attached hydrogens (tertiary/aromatic N) is 2. The first-order valence-electron chi connectivity index (χ1n) is 12.6. The van der Waals surface area contributed by atoms with Gasteiger partial charge in [0, 0.05) is 50.4 Å². The minimum atomic E-state index is -0.406. The third-order valence-corrected chi connectivity index (χ3v) is 6.89. The Morgan fingerprint density at radius 3 is 2.47 bits per heavy atom. The molecule has 3 rings (SSSR count). The zero-order valence-electron chi connectivity index (χ0n) is 20.9. The van der Waals surface area contributed by atoms with Crippen molar-refractivity contribution in [2.45, 2.75) is 58.8 Å². The topological polar surface area (TPSA) is 82.9 Å². The van der Waals surface area contributed by atoms with E-state index >= 15 is 0 Å². The van der Waals surface area contributed by atoms with E-state index in [4.69, 9.17) is 4.74 Å². The molecule has 34 heavy (non-hydrogen) atoms. The van der Waals surface area contributed by atoms with Gasteiger partial charge in [-0.2, -0.15) is 0 Å². The number of piperidine rings is 1. The second-order valence-corrected chi connectivity index (χ2v) is 9.86. The van der Waals surface area contributed by atoms with Crippen LogP contribution in [0, 0.1) is 18.8 Å². The summed E-state index contributed by atoms with van der Waals surface area (Å²) in [5.41, 5.74) is 2.77. The minimum absolute atomic E-state index is 0.0606. The Balaban J connectivity index is 1.38. The number of rotatable bonds is 12. The van der Waals surface area contributed by atoms with E-state index in [9.17, 15) is 15.0 Å². The molecule has 0 saturated carbocycles. The molecule has 0 amide bonds. The SMILES string of the molecule is Cc1cc(OCCCC2CCN(c3ccc(C(C)C)cn3)CC2)ccc1C(=O)CC(CO)CO. The van der Waals surface area contributed by atoms with Gasteiger partial charge in [0.2, 0.25) is 0 Å². The van der Waals surface area contributed by atoms with Gasteiger partial charge < -0.3 is 19.8 Å². The summed E-state index contributed by atoms with van der Waals surface area (Å²) in [5.74, 6) is 2.64. The van der Waals surface area contributed by atoms with Crippen molar-refractivity contribution in [3.05, 3.63) is 53.2 Å². The Hall–Kier alpha value is -2.44. The van der Waals surface area contributed by atoms with Crippen LogP contribution in [0.2, 0.25) is 0 Å². The van der Waals surface area contributed by atoms with Crippen LogP contribution in [0.15, 0.2) is 36.5 Å². The van der Waals surface area contributed by atoms with Gasteiger partial charge in [-0.05, 0) is 79.8 Å². The second-order valence-electron chi connectivity index (χ2n) is 9.86. The van der Waals surface area contributed by atoms with E-state index in [2.05, 4.69) is 35.9 Å². The zero-order chi connectivity index (χ0) is 24.5. The molecule has 0 aliphatic carbocycles. The summed E-state index contributed by atoms with van der Waals surface area (Å²) in [6.07, 6.45) is 6.70. The number of Topliss-reactive ketones (excluding diaryl/α,β-unsaturated/α-hetero) is 1. The number of carbonyl (C=O) groups excluding carboxylic acids is 1. The molecule has 1 aliphatic rings. The molecular weight excluding hydrogens is 428 g/mol. The number of carbonyl (C=O) groups is 1. The van der Waals surface area contributed by atoms with Gasteiger partial charge in [-0.1, -0.05) is 19.9 Å². The highest BCUT2D eigenvalue weighted by Gasteiger charge is 2.20. The van der Waals surface area contributed by atoms with Crippen LogP contribution < -0.4 is 9.64 Å². The summed E-state index contributed by atoms with van der Waals surface area (Å²) in [6.45, 7) is 8.68. The Morgan fingerprint density at radius 1 is 1.15 bits per heavy atom. The van der Waals surface area contributed by atoms with Crippen molar-refractivity contribution in [2.24, 2.45) is 11.8 Å². The van der Waals surface area contributed by atoms with Crippen LogP contribution in [0.25, 0.3) is 0 Å². The molecule has 0 radical (unpaired) electrons. The molecule has 2 N–H and O–H groups in total. The number of aliphatic hydroxyl groups is 2. The zero-order valence-corrected chi connectivity index (χ0v) is 20.9. The largest absolute Gasteiger partial charge is 0.494 e. The van der Waals surface area contributed by atoms with Crippen LogP contribution >= 0.6 is 0 Å². The Kier molecular flexibility index (Phi) is 9.90. The van der Waals surface area contributed by atoms with Crippen molar-refractivity contribution in [1.29, 1.82) is 0 Å². The summed E-state index contributed by atoms with van der Waals surface area (Å²) in [7, 11) is 0. The molecule has 0 unspecified atom stereocenters. The average molecular weight is 469 g/mol. The third kappa shape index (κ3) is 7.28. The van der Waals surface area contributed by atoms with E-state index in [-0.39, 0.29) is 25.4 Å². The van der Waals surface area contributed by atoms with Gasteiger partial charge in [-0.25, -0.2) is 4.98 Å². The molecule has 0 spiro atoms. The van der Waals surface area contributed by atoms with Gasteiger partial charge >= 0.3 is 0 Å². The summed E-state index contributed by atoms with van der Waals surface area (Å²) in [4.78, 5) is 19.5. The summed E-state index contributed by atoms with van der Waals surface area (Å²) in [6, 6.07) is 9.87. The first-order chi connectivity index (χ1) is 16.4. The lowest BCUT2D eigenvalue weighted by Crippen LogP contribution is -2.34. The lowest BCUT2D eigenvalue weighted by Gasteiger charge is -2.33. The lowest BCUT2D eigenvalue weighted by atomic mass is 9.92. The quantitative estimate of drug-likeness (QED) is 0.345. The highest BCUT2D eigenvalue weighted by atomic mass is 16.5. The number of aromatic nitrogens is 1. The predicted molar refractivity (Wildman–Crippen MR) is 136 cm³/mol. The molecule has 1 aromatic carbocycles. The molecule has 6 nitrogen and oxygen atoms in total. The number of ketones is 1. The predicted octanol–water partition coefficient (Wildman–Crippen LogP) is 4.76. The summed E-state index contributed by atoms with van der Waals surface area (Å²) < 4.78 is 5.95. The number of benzene rings is 1. The molecule has 6 heteroatoms. The normalized spacial score (nSPS) is 14.7. The fourth-order valence-corrected chi connectivity index (χ4v) is 4.54. The van der Waals surface area contributed by atoms with Gasteiger partial charge in [-0.15, -0.1) is 0 Å². The molecule has 0 atom stereocenters. The van der Waals surface area contributed by atoms with E-state index in [0.717, 1.165) is 49.0 Å². The summed E-state index contributed by atoms with van der Waals surface area (Å²) in [5, 5.41) is 18.4. The molecule has 1 aromatic heterocycles. The van der Waals surface area contributed by atoms with E-state index in [1.807, 2.05) is 25.3 Å². The Labute approximate surface area is 204 Å². The van der Waals surface area contributed by atoms with Crippen LogP contribution in [0.1, 0.15) is 73.4 Å². The smallest absolute Gasteiger partial charge is 0.163 e. The van der Waals surface area contributed by atoms with Gasteiger partial charge in [0.05, 0.1) is 6.61 Å². The molecular formula is C28H40N2O4. The first-order valence-corrected chi connectivity index (χ1v) is 12.6. The van der Waals surface area contributed by atoms with Crippen LogP contribution in [0.4, 0.5) is 5.82 Å².